The molecule has 0 radical (unpaired) electrons. The van der Waals surface area contributed by atoms with Gasteiger partial charge in [-0.05, 0) is 0 Å². The van der Waals surface area contributed by atoms with Gasteiger partial charge in [0, 0.05) is 0 Å². The standard InChI is InChI=1S/C27H32BrO2P/c1-24(29)30-22-14-3-2-4-15-23-31(28,25-16-8-5-9-17-25,26-18-10-6-11-19-26)27-20-12-7-13-21-27/h5-13,16-21H,2-4,14-15,22-23H2,1H3. The fourth-order valence-corrected chi connectivity index (χ4v) is 12.1. The van der Waals surface area contributed by atoms with Crippen LogP contribution in [0.1, 0.15) is 39.0 Å². The molecule has 0 spiro atoms. The number of carbonyl (C=O) groups is 1. The van der Waals surface area contributed by atoms with Crippen molar-refractivity contribution in [2.75, 3.05) is 12.8 Å². The van der Waals surface area contributed by atoms with Crippen LogP contribution in [-0.4, -0.2) is 18.7 Å². The summed E-state index contributed by atoms with van der Waals surface area (Å²) >= 11 is 4.50. The van der Waals surface area contributed by atoms with Crippen LogP contribution in [0.15, 0.2) is 91.0 Å². The molecule has 0 saturated carbocycles. The van der Waals surface area contributed by atoms with Crippen LogP contribution in [0.3, 0.4) is 0 Å². The maximum atomic E-state index is 10.9. The fraction of sp³-hybridized carbons (Fsp3) is 0.296. The molecule has 0 aliphatic heterocycles. The first-order chi connectivity index (χ1) is 15.1. The van der Waals surface area contributed by atoms with E-state index < -0.39 is 5.31 Å². The number of carbonyl (C=O) groups excluding carboxylic acids is 1. The zero-order valence-electron chi connectivity index (χ0n) is 18.3. The molecule has 0 amide bonds. The van der Waals surface area contributed by atoms with Crippen molar-refractivity contribution in [3.05, 3.63) is 91.0 Å². The first-order valence-corrected chi connectivity index (χ1v) is 15.5. The van der Waals surface area contributed by atoms with Gasteiger partial charge in [0.15, 0.2) is 0 Å². The van der Waals surface area contributed by atoms with E-state index in [4.69, 9.17) is 4.74 Å². The number of benzene rings is 3. The van der Waals surface area contributed by atoms with Crippen molar-refractivity contribution < 1.29 is 9.53 Å². The molecule has 164 valence electrons. The number of ether oxygens (including phenoxy) is 1. The van der Waals surface area contributed by atoms with Gasteiger partial charge in [0.25, 0.3) is 0 Å². The maximum absolute atomic E-state index is 10.9. The second-order valence-electron chi connectivity index (χ2n) is 8.02. The molecule has 0 fully saturated rings. The van der Waals surface area contributed by atoms with Crippen LogP contribution in [0.4, 0.5) is 0 Å². The molecule has 0 N–H and O–H groups in total. The third-order valence-corrected chi connectivity index (χ3v) is 15.9. The Morgan fingerprint density at radius 2 is 1.06 bits per heavy atom. The third-order valence-electron chi connectivity index (χ3n) is 5.91. The van der Waals surface area contributed by atoms with E-state index in [1.54, 1.807) is 0 Å². The monoisotopic (exact) mass is 498 g/mol. The van der Waals surface area contributed by atoms with Gasteiger partial charge < -0.3 is 0 Å². The summed E-state index contributed by atoms with van der Waals surface area (Å²) in [6.07, 6.45) is 6.55. The van der Waals surface area contributed by atoms with E-state index in [1.165, 1.54) is 22.8 Å². The molecule has 3 aromatic rings. The molecule has 0 unspecified atom stereocenters. The van der Waals surface area contributed by atoms with E-state index in [-0.39, 0.29) is 5.97 Å². The van der Waals surface area contributed by atoms with E-state index in [0.717, 1.165) is 38.3 Å². The van der Waals surface area contributed by atoms with Gasteiger partial charge in [-0.1, -0.05) is 0 Å². The molecule has 0 heterocycles. The summed E-state index contributed by atoms with van der Waals surface area (Å²) in [5, 5.41) is 1.34. The van der Waals surface area contributed by atoms with Crippen LogP contribution < -0.4 is 15.9 Å². The molecule has 0 aliphatic carbocycles. The predicted molar refractivity (Wildman–Crippen MR) is 139 cm³/mol. The molecule has 4 heteroatoms. The second-order valence-corrected chi connectivity index (χ2v) is 17.1. The van der Waals surface area contributed by atoms with E-state index in [9.17, 15) is 4.79 Å². The number of rotatable bonds is 11. The van der Waals surface area contributed by atoms with Crippen LogP contribution in [0.5, 0.6) is 0 Å². The van der Waals surface area contributed by atoms with Crippen LogP contribution in [0.25, 0.3) is 0 Å². The number of hydrogen-bond donors (Lipinski definition) is 0. The van der Waals surface area contributed by atoms with Gasteiger partial charge in [0.05, 0.1) is 0 Å². The van der Waals surface area contributed by atoms with E-state index >= 15 is 0 Å². The van der Waals surface area contributed by atoms with E-state index in [2.05, 4.69) is 106 Å². The Balaban J connectivity index is 1.87. The average Bonchev–Trinajstić information content (AvgIpc) is 2.82. The Labute approximate surface area is 194 Å². The van der Waals surface area contributed by atoms with Gasteiger partial charge in [-0.3, -0.25) is 0 Å². The van der Waals surface area contributed by atoms with Gasteiger partial charge in [-0.2, -0.15) is 0 Å². The molecule has 31 heavy (non-hydrogen) atoms. The quantitative estimate of drug-likeness (QED) is 0.175. The summed E-state index contributed by atoms with van der Waals surface area (Å²) in [4.78, 5) is 10.9. The predicted octanol–water partition coefficient (Wildman–Crippen LogP) is 6.34. The molecule has 0 atom stereocenters. The zero-order valence-corrected chi connectivity index (χ0v) is 20.7. The molecule has 3 aromatic carbocycles. The third kappa shape index (κ3) is 5.45. The first-order valence-electron chi connectivity index (χ1n) is 11.1. The number of unbranched alkanes of at least 4 members (excludes halogenated alkanes) is 4. The van der Waals surface area contributed by atoms with E-state index in [1.807, 2.05) is 0 Å². The van der Waals surface area contributed by atoms with Crippen molar-refractivity contribution in [1.82, 2.24) is 0 Å². The Morgan fingerprint density at radius 1 is 0.677 bits per heavy atom. The van der Waals surface area contributed by atoms with Crippen molar-refractivity contribution in [2.45, 2.75) is 39.0 Å². The molecule has 2 nitrogen and oxygen atoms in total. The Morgan fingerprint density at radius 3 is 1.48 bits per heavy atom. The summed E-state index contributed by atoms with van der Waals surface area (Å²) in [5.41, 5.74) is 0. The van der Waals surface area contributed by atoms with Crippen molar-refractivity contribution >= 4 is 42.7 Å². The fourth-order valence-electron chi connectivity index (χ4n) is 4.31. The molecule has 0 aromatic heterocycles. The Bertz CT molecular complexity index is 845. The second kappa shape index (κ2) is 11.1. The van der Waals surface area contributed by atoms with Crippen LogP contribution >= 0.6 is 20.8 Å². The molecule has 3 rings (SSSR count). The van der Waals surface area contributed by atoms with Crippen molar-refractivity contribution in [3.8, 4) is 0 Å². The molecule has 0 bridgehead atoms. The van der Waals surface area contributed by atoms with Crippen LogP contribution in [-0.2, 0) is 9.53 Å². The average molecular weight is 499 g/mol. The van der Waals surface area contributed by atoms with Gasteiger partial charge >= 0.3 is 195 Å². The van der Waals surface area contributed by atoms with Gasteiger partial charge in [-0.25, -0.2) is 0 Å². The van der Waals surface area contributed by atoms with Gasteiger partial charge in [-0.15, -0.1) is 0 Å². The topological polar surface area (TPSA) is 26.3 Å². The number of halogens is 1. The van der Waals surface area contributed by atoms with Gasteiger partial charge in [0.1, 0.15) is 0 Å². The Hall–Kier alpha value is -1.96. The van der Waals surface area contributed by atoms with Crippen molar-refractivity contribution in [1.29, 1.82) is 0 Å². The van der Waals surface area contributed by atoms with Crippen LogP contribution in [0, 0.1) is 0 Å². The molecular formula is C27H32BrO2P. The minimum atomic E-state index is -2.78. The van der Waals surface area contributed by atoms with Gasteiger partial charge in [0.2, 0.25) is 0 Å². The first kappa shape index (κ1) is 23.7. The summed E-state index contributed by atoms with van der Waals surface area (Å²) in [6, 6.07) is 32.9. The van der Waals surface area contributed by atoms with Crippen molar-refractivity contribution in [3.63, 3.8) is 0 Å². The number of esters is 1. The summed E-state index contributed by atoms with van der Waals surface area (Å²) in [6.45, 7) is 2.00. The van der Waals surface area contributed by atoms with Crippen LogP contribution in [0.2, 0.25) is 0 Å². The summed E-state index contributed by atoms with van der Waals surface area (Å²) in [7, 11) is 0. The normalized spacial score (nSPS) is 12.6. The summed E-state index contributed by atoms with van der Waals surface area (Å²) in [5.74, 6) is -0.190. The molecule has 0 aliphatic rings. The number of hydrogen-bond acceptors (Lipinski definition) is 2. The van der Waals surface area contributed by atoms with E-state index in [0.29, 0.717) is 6.61 Å². The van der Waals surface area contributed by atoms with Crippen molar-refractivity contribution in [2.24, 2.45) is 0 Å². The summed E-state index contributed by atoms with van der Waals surface area (Å²) < 4.78 is 5.05. The SMILES string of the molecule is CC(=O)OCCCCCCCP(Br)(c1ccccc1)(c1ccccc1)c1ccccc1. The minimum absolute atomic E-state index is 0.190. The Kier molecular flexibility index (Phi) is 8.46. The molecular weight excluding hydrogens is 467 g/mol. The molecule has 0 saturated heterocycles. The zero-order chi connectivity index (χ0) is 22.0.